The molecule has 94 valence electrons. The number of hydrogen-bond acceptors (Lipinski definition) is 1. The van der Waals surface area contributed by atoms with Crippen LogP contribution in [0.4, 0.5) is 0 Å². The van der Waals surface area contributed by atoms with Gasteiger partial charge in [0.1, 0.15) is 5.69 Å². The molecule has 4 heteroatoms. The Hall–Kier alpha value is -1.55. The maximum atomic E-state index is 12.1. The number of amides is 1. The highest BCUT2D eigenvalue weighted by Gasteiger charge is 2.14. The summed E-state index contributed by atoms with van der Waals surface area (Å²) >= 11 is 3.36. The second-order valence-corrected chi connectivity index (χ2v) is 5.18. The first kappa shape index (κ1) is 12.9. The lowest BCUT2D eigenvalue weighted by molar-refractivity contribution is 0.0931. The summed E-state index contributed by atoms with van der Waals surface area (Å²) < 4.78 is 2.71. The minimum absolute atomic E-state index is 0.00706. The Balaban J connectivity index is 2.10. The molecule has 0 aliphatic rings. The summed E-state index contributed by atoms with van der Waals surface area (Å²) in [7, 11) is 1.85. The van der Waals surface area contributed by atoms with Crippen molar-refractivity contribution in [2.75, 3.05) is 0 Å². The molecule has 0 radical (unpaired) electrons. The van der Waals surface area contributed by atoms with Gasteiger partial charge in [0.05, 0.1) is 6.04 Å². The zero-order valence-electron chi connectivity index (χ0n) is 10.4. The van der Waals surface area contributed by atoms with Gasteiger partial charge in [-0.05, 0) is 34.5 Å². The van der Waals surface area contributed by atoms with Crippen molar-refractivity contribution < 1.29 is 4.79 Å². The van der Waals surface area contributed by atoms with Gasteiger partial charge in [0.25, 0.3) is 5.91 Å². The molecule has 18 heavy (non-hydrogen) atoms. The number of carbonyl (C=O) groups excluding carboxylic acids is 1. The third-order valence-electron chi connectivity index (χ3n) is 2.85. The van der Waals surface area contributed by atoms with Gasteiger partial charge in [0.2, 0.25) is 0 Å². The summed E-state index contributed by atoms with van der Waals surface area (Å²) in [6.45, 7) is 1.98. The van der Waals surface area contributed by atoms with Crippen LogP contribution in [-0.2, 0) is 7.05 Å². The van der Waals surface area contributed by atoms with E-state index in [1.54, 1.807) is 4.57 Å². The summed E-state index contributed by atoms with van der Waals surface area (Å²) in [6, 6.07) is 11.7. The van der Waals surface area contributed by atoms with Gasteiger partial charge in [0, 0.05) is 17.7 Å². The minimum atomic E-state index is -0.0699. The van der Waals surface area contributed by atoms with Crippen molar-refractivity contribution in [2.45, 2.75) is 13.0 Å². The van der Waals surface area contributed by atoms with Crippen molar-refractivity contribution >= 4 is 21.8 Å². The molecule has 1 aromatic carbocycles. The summed E-state index contributed by atoms with van der Waals surface area (Å²) in [5, 5.41) is 2.99. The van der Waals surface area contributed by atoms with E-state index in [4.69, 9.17) is 0 Å². The van der Waals surface area contributed by atoms with Crippen LogP contribution in [0.3, 0.4) is 0 Å². The predicted octanol–water partition coefficient (Wildman–Crippen LogP) is 3.28. The fourth-order valence-electron chi connectivity index (χ4n) is 1.85. The van der Waals surface area contributed by atoms with Crippen molar-refractivity contribution in [3.8, 4) is 0 Å². The van der Waals surface area contributed by atoms with Crippen LogP contribution in [0, 0.1) is 0 Å². The van der Waals surface area contributed by atoms with Crippen LogP contribution < -0.4 is 5.32 Å². The number of rotatable bonds is 3. The highest BCUT2D eigenvalue weighted by atomic mass is 79.9. The number of aromatic nitrogens is 1. The molecule has 0 aliphatic carbocycles. The molecule has 0 spiro atoms. The Labute approximate surface area is 115 Å². The van der Waals surface area contributed by atoms with Gasteiger partial charge >= 0.3 is 0 Å². The first-order valence-corrected chi connectivity index (χ1v) is 6.55. The van der Waals surface area contributed by atoms with Crippen molar-refractivity contribution in [3.05, 3.63) is 58.3 Å². The lowest BCUT2D eigenvalue weighted by atomic mass is 10.1. The maximum absolute atomic E-state index is 12.1. The molecule has 1 N–H and O–H groups in total. The minimum Gasteiger partial charge on any atom is -0.345 e. The normalized spacial score (nSPS) is 12.2. The second kappa shape index (κ2) is 5.40. The molecule has 0 aliphatic heterocycles. The monoisotopic (exact) mass is 306 g/mol. The molecule has 0 saturated heterocycles. The number of nitrogens with zero attached hydrogens (tertiary/aromatic N) is 1. The summed E-state index contributed by atoms with van der Waals surface area (Å²) in [5.74, 6) is -0.0699. The molecule has 0 fully saturated rings. The van der Waals surface area contributed by atoms with E-state index in [9.17, 15) is 4.79 Å². The van der Waals surface area contributed by atoms with E-state index in [-0.39, 0.29) is 11.9 Å². The van der Waals surface area contributed by atoms with Crippen LogP contribution in [0.5, 0.6) is 0 Å². The first-order valence-electron chi connectivity index (χ1n) is 5.75. The van der Waals surface area contributed by atoms with Crippen LogP contribution in [-0.4, -0.2) is 10.5 Å². The van der Waals surface area contributed by atoms with Crippen molar-refractivity contribution in [2.24, 2.45) is 7.05 Å². The molecule has 1 unspecified atom stereocenters. The Kier molecular flexibility index (Phi) is 3.87. The topological polar surface area (TPSA) is 34.0 Å². The van der Waals surface area contributed by atoms with Gasteiger partial charge in [-0.25, -0.2) is 0 Å². The van der Waals surface area contributed by atoms with E-state index in [1.807, 2.05) is 56.6 Å². The van der Waals surface area contributed by atoms with E-state index in [0.717, 1.165) is 10.0 Å². The lowest BCUT2D eigenvalue weighted by Crippen LogP contribution is -2.28. The number of hydrogen-bond donors (Lipinski definition) is 1. The molecule has 1 heterocycles. The first-order chi connectivity index (χ1) is 8.58. The van der Waals surface area contributed by atoms with Gasteiger partial charge in [-0.3, -0.25) is 4.79 Å². The van der Waals surface area contributed by atoms with Crippen LogP contribution in [0.2, 0.25) is 0 Å². The van der Waals surface area contributed by atoms with E-state index in [2.05, 4.69) is 21.2 Å². The van der Waals surface area contributed by atoms with Crippen LogP contribution in [0.1, 0.15) is 29.0 Å². The average molecular weight is 307 g/mol. The number of nitrogens with one attached hydrogen (secondary N) is 1. The van der Waals surface area contributed by atoms with E-state index < -0.39 is 0 Å². The fraction of sp³-hybridized carbons (Fsp3) is 0.214. The van der Waals surface area contributed by atoms with E-state index in [0.29, 0.717) is 5.69 Å². The van der Waals surface area contributed by atoms with Crippen molar-refractivity contribution in [1.29, 1.82) is 0 Å². The van der Waals surface area contributed by atoms with E-state index in [1.165, 1.54) is 0 Å². The van der Waals surface area contributed by atoms with Crippen LogP contribution in [0.15, 0.2) is 47.1 Å². The molecule has 2 aromatic rings. The maximum Gasteiger partial charge on any atom is 0.268 e. The van der Waals surface area contributed by atoms with Gasteiger partial charge in [-0.1, -0.05) is 30.3 Å². The molecule has 1 aromatic heterocycles. The van der Waals surface area contributed by atoms with Crippen LogP contribution in [0.25, 0.3) is 0 Å². The molecule has 0 saturated carbocycles. The molecule has 0 bridgehead atoms. The zero-order chi connectivity index (χ0) is 13.1. The SMILES string of the molecule is CC(NC(=O)c1cc(Br)cn1C)c1ccccc1. The quantitative estimate of drug-likeness (QED) is 0.928. The standard InChI is InChI=1S/C14H15BrN2O/c1-10(11-6-4-3-5-7-11)16-14(18)13-8-12(15)9-17(13)2/h3-10H,1-2H3,(H,16,18). The summed E-state index contributed by atoms with van der Waals surface area (Å²) in [4.78, 5) is 12.1. The van der Waals surface area contributed by atoms with Crippen LogP contribution >= 0.6 is 15.9 Å². The molecule has 1 amide bonds. The molecule has 1 atom stereocenters. The van der Waals surface area contributed by atoms with Gasteiger partial charge in [-0.2, -0.15) is 0 Å². The van der Waals surface area contributed by atoms with Gasteiger partial charge in [-0.15, -0.1) is 0 Å². The number of aryl methyl sites for hydroxylation is 1. The zero-order valence-corrected chi connectivity index (χ0v) is 11.9. The summed E-state index contributed by atoms with van der Waals surface area (Å²) in [5.41, 5.74) is 1.74. The summed E-state index contributed by atoms with van der Waals surface area (Å²) in [6.07, 6.45) is 1.86. The largest absolute Gasteiger partial charge is 0.345 e. The number of carbonyl (C=O) groups is 1. The number of halogens is 1. The Morgan fingerprint density at radius 3 is 2.56 bits per heavy atom. The highest BCUT2D eigenvalue weighted by molar-refractivity contribution is 9.10. The fourth-order valence-corrected chi connectivity index (χ4v) is 2.37. The third kappa shape index (κ3) is 2.82. The molecular formula is C14H15BrN2O. The predicted molar refractivity (Wildman–Crippen MR) is 75.4 cm³/mol. The van der Waals surface area contributed by atoms with Gasteiger partial charge < -0.3 is 9.88 Å². The Bertz CT molecular complexity index is 548. The Morgan fingerprint density at radius 2 is 2.00 bits per heavy atom. The molecule has 2 rings (SSSR count). The Morgan fingerprint density at radius 1 is 1.33 bits per heavy atom. The molecule has 3 nitrogen and oxygen atoms in total. The van der Waals surface area contributed by atoms with Gasteiger partial charge in [0.15, 0.2) is 0 Å². The average Bonchev–Trinajstić information content (AvgIpc) is 2.69. The van der Waals surface area contributed by atoms with Crippen molar-refractivity contribution in [1.82, 2.24) is 9.88 Å². The number of benzene rings is 1. The van der Waals surface area contributed by atoms with E-state index >= 15 is 0 Å². The lowest BCUT2D eigenvalue weighted by Gasteiger charge is -2.14. The highest BCUT2D eigenvalue weighted by Crippen LogP contribution is 2.16. The van der Waals surface area contributed by atoms with Crippen molar-refractivity contribution in [3.63, 3.8) is 0 Å². The third-order valence-corrected chi connectivity index (χ3v) is 3.29. The molecular weight excluding hydrogens is 292 g/mol. The smallest absolute Gasteiger partial charge is 0.268 e. The second-order valence-electron chi connectivity index (χ2n) is 4.26.